The first kappa shape index (κ1) is 15.9. The fourth-order valence-electron chi connectivity index (χ4n) is 2.11. The summed E-state index contributed by atoms with van der Waals surface area (Å²) in [5, 5.41) is 14.9. The van der Waals surface area contributed by atoms with Gasteiger partial charge in [-0.25, -0.2) is 4.79 Å². The van der Waals surface area contributed by atoms with Gasteiger partial charge in [0, 0.05) is 6.04 Å². The Kier molecular flexibility index (Phi) is 4.96. The van der Waals surface area contributed by atoms with Crippen LogP contribution in [0.15, 0.2) is 12.1 Å². The van der Waals surface area contributed by atoms with Gasteiger partial charge in [-0.3, -0.25) is 4.79 Å². The standard InChI is InChI=1S/C14H16Cl2N2O3/c1-7-2-5-9(15)13(12(7)16)18-14(21)17-10(6-11(19)20)8-3-4-8/h2,5,8,10H,3-4,6H2,1H3,(H,19,20)(H2,17,18,21). The number of rotatable bonds is 5. The van der Waals surface area contributed by atoms with E-state index in [1.165, 1.54) is 0 Å². The number of hydrogen-bond acceptors (Lipinski definition) is 2. The summed E-state index contributed by atoms with van der Waals surface area (Å²) in [6.07, 6.45) is 1.78. The number of anilines is 1. The van der Waals surface area contributed by atoms with Gasteiger partial charge < -0.3 is 15.7 Å². The zero-order valence-electron chi connectivity index (χ0n) is 11.5. The molecule has 2 rings (SSSR count). The van der Waals surface area contributed by atoms with Crippen molar-refractivity contribution < 1.29 is 14.7 Å². The van der Waals surface area contributed by atoms with E-state index < -0.39 is 12.0 Å². The van der Waals surface area contributed by atoms with Crippen LogP contribution in [-0.2, 0) is 4.79 Å². The summed E-state index contributed by atoms with van der Waals surface area (Å²) in [6, 6.07) is 2.53. The zero-order chi connectivity index (χ0) is 15.6. The molecule has 0 radical (unpaired) electrons. The fourth-order valence-corrected chi connectivity index (χ4v) is 2.58. The molecule has 1 aliphatic rings. The van der Waals surface area contributed by atoms with Gasteiger partial charge in [0.1, 0.15) is 0 Å². The Morgan fingerprint density at radius 1 is 1.38 bits per heavy atom. The number of carboxylic acids is 1. The quantitative estimate of drug-likeness (QED) is 0.770. The van der Waals surface area contributed by atoms with Crippen LogP contribution in [-0.4, -0.2) is 23.1 Å². The molecule has 0 aromatic heterocycles. The number of aliphatic carboxylic acids is 1. The molecule has 1 atom stereocenters. The van der Waals surface area contributed by atoms with Crippen LogP contribution < -0.4 is 10.6 Å². The Hall–Kier alpha value is -1.46. The van der Waals surface area contributed by atoms with Crippen molar-refractivity contribution in [2.45, 2.75) is 32.2 Å². The van der Waals surface area contributed by atoms with Gasteiger partial charge in [0.25, 0.3) is 0 Å². The molecule has 1 aromatic rings. The number of nitrogens with one attached hydrogen (secondary N) is 2. The lowest BCUT2D eigenvalue weighted by molar-refractivity contribution is -0.137. The molecule has 5 nitrogen and oxygen atoms in total. The van der Waals surface area contributed by atoms with Gasteiger partial charge in [-0.2, -0.15) is 0 Å². The van der Waals surface area contributed by atoms with Gasteiger partial charge in [-0.05, 0) is 37.3 Å². The Morgan fingerprint density at radius 2 is 2.05 bits per heavy atom. The topological polar surface area (TPSA) is 78.4 Å². The molecule has 3 N–H and O–H groups in total. The van der Waals surface area contributed by atoms with Crippen LogP contribution in [0.25, 0.3) is 0 Å². The van der Waals surface area contributed by atoms with E-state index in [1.807, 2.05) is 0 Å². The van der Waals surface area contributed by atoms with E-state index in [4.69, 9.17) is 28.3 Å². The number of halogens is 2. The molecule has 7 heteroatoms. The second-order valence-corrected chi connectivity index (χ2v) is 5.98. The van der Waals surface area contributed by atoms with Crippen LogP contribution in [0, 0.1) is 12.8 Å². The third-order valence-corrected chi connectivity index (χ3v) is 4.23. The third-order valence-electron chi connectivity index (χ3n) is 3.42. The molecule has 21 heavy (non-hydrogen) atoms. The first-order chi connectivity index (χ1) is 9.88. The largest absolute Gasteiger partial charge is 0.481 e. The smallest absolute Gasteiger partial charge is 0.319 e. The van der Waals surface area contributed by atoms with Gasteiger partial charge in [0.15, 0.2) is 0 Å². The van der Waals surface area contributed by atoms with Crippen LogP contribution >= 0.6 is 23.2 Å². The maximum absolute atomic E-state index is 12.0. The van der Waals surface area contributed by atoms with Gasteiger partial charge >= 0.3 is 12.0 Å². The number of carbonyl (C=O) groups is 2. The first-order valence-electron chi connectivity index (χ1n) is 6.62. The molecule has 2 amide bonds. The highest BCUT2D eigenvalue weighted by Gasteiger charge is 2.33. The number of benzene rings is 1. The maximum Gasteiger partial charge on any atom is 0.319 e. The molecule has 1 saturated carbocycles. The lowest BCUT2D eigenvalue weighted by Gasteiger charge is -2.18. The molecule has 0 spiro atoms. The number of urea groups is 1. The lowest BCUT2D eigenvalue weighted by atomic mass is 10.1. The predicted molar refractivity (Wildman–Crippen MR) is 82.1 cm³/mol. The summed E-state index contributed by atoms with van der Waals surface area (Å²) in [6.45, 7) is 1.80. The third kappa shape index (κ3) is 4.25. The molecule has 0 bridgehead atoms. The van der Waals surface area contributed by atoms with E-state index in [-0.39, 0.29) is 18.4 Å². The molecule has 1 unspecified atom stereocenters. The number of hydrogen-bond donors (Lipinski definition) is 3. The summed E-state index contributed by atoms with van der Waals surface area (Å²) in [5.74, 6) is -0.700. The highest BCUT2D eigenvalue weighted by Crippen LogP contribution is 2.35. The lowest BCUT2D eigenvalue weighted by Crippen LogP contribution is -2.40. The summed E-state index contributed by atoms with van der Waals surface area (Å²) in [4.78, 5) is 22.8. The molecular formula is C14H16Cl2N2O3. The van der Waals surface area contributed by atoms with E-state index in [9.17, 15) is 9.59 Å². The highest BCUT2D eigenvalue weighted by molar-refractivity contribution is 6.40. The van der Waals surface area contributed by atoms with E-state index in [2.05, 4.69) is 10.6 Å². The van der Waals surface area contributed by atoms with E-state index in [1.54, 1.807) is 19.1 Å². The SMILES string of the molecule is Cc1ccc(Cl)c(NC(=O)NC(CC(=O)O)C2CC2)c1Cl. The van der Waals surface area contributed by atoms with Crippen molar-refractivity contribution in [3.63, 3.8) is 0 Å². The van der Waals surface area contributed by atoms with Crippen molar-refractivity contribution in [1.82, 2.24) is 5.32 Å². The minimum absolute atomic E-state index is 0.0899. The Balaban J connectivity index is 2.04. The number of carbonyl (C=O) groups excluding carboxylic acids is 1. The molecular weight excluding hydrogens is 315 g/mol. The summed E-state index contributed by atoms with van der Waals surface area (Å²) < 4.78 is 0. The minimum Gasteiger partial charge on any atom is -0.481 e. The average molecular weight is 331 g/mol. The Bertz CT molecular complexity index is 574. The van der Waals surface area contributed by atoms with Crippen molar-refractivity contribution in [3.05, 3.63) is 27.7 Å². The van der Waals surface area contributed by atoms with Crippen molar-refractivity contribution in [2.75, 3.05) is 5.32 Å². The fraction of sp³-hybridized carbons (Fsp3) is 0.429. The predicted octanol–water partition coefficient (Wildman–Crippen LogP) is 3.68. The molecule has 0 aliphatic heterocycles. The van der Waals surface area contributed by atoms with E-state index >= 15 is 0 Å². The first-order valence-corrected chi connectivity index (χ1v) is 7.38. The summed E-state index contributed by atoms with van der Waals surface area (Å²) in [7, 11) is 0. The molecule has 1 fully saturated rings. The van der Waals surface area contributed by atoms with Gasteiger partial charge in [0.2, 0.25) is 0 Å². The van der Waals surface area contributed by atoms with Crippen molar-refractivity contribution in [2.24, 2.45) is 5.92 Å². The van der Waals surface area contributed by atoms with Gasteiger partial charge in [0.05, 0.1) is 22.2 Å². The van der Waals surface area contributed by atoms with Crippen LogP contribution in [0.3, 0.4) is 0 Å². The van der Waals surface area contributed by atoms with E-state index in [0.29, 0.717) is 15.7 Å². The normalized spacial score (nSPS) is 15.4. The molecule has 0 heterocycles. The van der Waals surface area contributed by atoms with Crippen molar-refractivity contribution in [3.8, 4) is 0 Å². The Labute approximate surface area is 132 Å². The summed E-state index contributed by atoms with van der Waals surface area (Å²) in [5.41, 5.74) is 1.13. The minimum atomic E-state index is -0.932. The van der Waals surface area contributed by atoms with Gasteiger partial charge in [-0.1, -0.05) is 29.3 Å². The zero-order valence-corrected chi connectivity index (χ0v) is 13.0. The average Bonchev–Trinajstić information content (AvgIpc) is 3.22. The Morgan fingerprint density at radius 3 is 2.62 bits per heavy atom. The number of aryl methyl sites for hydroxylation is 1. The maximum atomic E-state index is 12.0. The second-order valence-electron chi connectivity index (χ2n) is 5.19. The molecule has 1 aliphatic carbocycles. The number of carboxylic acid groups (broad SMARTS) is 1. The van der Waals surface area contributed by atoms with Crippen LogP contribution in [0.4, 0.5) is 10.5 Å². The molecule has 0 saturated heterocycles. The van der Waals surface area contributed by atoms with Crippen molar-refractivity contribution in [1.29, 1.82) is 0 Å². The van der Waals surface area contributed by atoms with Crippen LogP contribution in [0.1, 0.15) is 24.8 Å². The summed E-state index contributed by atoms with van der Waals surface area (Å²) >= 11 is 12.1. The second kappa shape index (κ2) is 6.54. The van der Waals surface area contributed by atoms with Crippen molar-refractivity contribution >= 4 is 40.9 Å². The van der Waals surface area contributed by atoms with Crippen LogP contribution in [0.2, 0.25) is 10.0 Å². The van der Waals surface area contributed by atoms with E-state index in [0.717, 1.165) is 18.4 Å². The van der Waals surface area contributed by atoms with Crippen LogP contribution in [0.5, 0.6) is 0 Å². The molecule has 114 valence electrons. The van der Waals surface area contributed by atoms with Gasteiger partial charge in [-0.15, -0.1) is 0 Å². The highest BCUT2D eigenvalue weighted by atomic mass is 35.5. The molecule has 1 aromatic carbocycles. The number of amides is 2. The monoisotopic (exact) mass is 330 g/mol.